The van der Waals surface area contributed by atoms with Gasteiger partial charge in [-0.15, -0.1) is 0 Å². The standard InChI is InChI=1S/C13H16FN5O/c1-7-6-10(14)4-5-11(7)17-13(20)15-8(2)12-16-9(3)18-19-12/h4-6,8H,1-3H3,(H2,15,17,20)(H,16,18,19). The fourth-order valence-electron chi connectivity index (χ4n) is 1.74. The van der Waals surface area contributed by atoms with Crippen LogP contribution < -0.4 is 10.6 Å². The van der Waals surface area contributed by atoms with E-state index in [4.69, 9.17) is 0 Å². The lowest BCUT2D eigenvalue weighted by Crippen LogP contribution is -2.32. The molecule has 0 bridgehead atoms. The number of anilines is 1. The molecule has 1 aromatic heterocycles. The summed E-state index contributed by atoms with van der Waals surface area (Å²) in [5.74, 6) is 0.856. The van der Waals surface area contributed by atoms with Crippen LogP contribution in [0.4, 0.5) is 14.9 Å². The van der Waals surface area contributed by atoms with Crippen molar-refractivity contribution in [1.29, 1.82) is 0 Å². The molecule has 0 saturated carbocycles. The summed E-state index contributed by atoms with van der Waals surface area (Å²) in [7, 11) is 0. The van der Waals surface area contributed by atoms with E-state index in [2.05, 4.69) is 25.8 Å². The van der Waals surface area contributed by atoms with Crippen molar-refractivity contribution < 1.29 is 9.18 Å². The summed E-state index contributed by atoms with van der Waals surface area (Å²) in [6, 6.07) is 3.45. The van der Waals surface area contributed by atoms with Crippen LogP contribution in [0, 0.1) is 19.7 Å². The Labute approximate surface area is 115 Å². The van der Waals surface area contributed by atoms with E-state index in [1.54, 1.807) is 20.8 Å². The third kappa shape index (κ3) is 3.31. The van der Waals surface area contributed by atoms with Gasteiger partial charge in [-0.25, -0.2) is 14.2 Å². The number of rotatable bonds is 3. The summed E-state index contributed by atoms with van der Waals surface area (Å²) in [4.78, 5) is 16.0. The maximum atomic E-state index is 13.0. The number of nitrogens with one attached hydrogen (secondary N) is 3. The molecule has 6 nitrogen and oxygen atoms in total. The molecule has 7 heteroatoms. The third-order valence-corrected chi connectivity index (χ3v) is 2.79. The van der Waals surface area contributed by atoms with Crippen molar-refractivity contribution in [3.05, 3.63) is 41.2 Å². The average molecular weight is 277 g/mol. The van der Waals surface area contributed by atoms with Crippen LogP contribution in [0.1, 0.15) is 30.2 Å². The van der Waals surface area contributed by atoms with E-state index in [0.29, 0.717) is 22.9 Å². The lowest BCUT2D eigenvalue weighted by atomic mass is 10.2. The van der Waals surface area contributed by atoms with Crippen molar-refractivity contribution in [3.63, 3.8) is 0 Å². The Kier molecular flexibility index (Phi) is 3.97. The molecule has 20 heavy (non-hydrogen) atoms. The van der Waals surface area contributed by atoms with Crippen molar-refractivity contribution in [2.45, 2.75) is 26.8 Å². The largest absolute Gasteiger partial charge is 0.328 e. The van der Waals surface area contributed by atoms with E-state index in [1.165, 1.54) is 18.2 Å². The molecular formula is C13H16FN5O. The molecule has 0 saturated heterocycles. The number of H-pyrrole nitrogens is 1. The van der Waals surface area contributed by atoms with Crippen LogP contribution in [0.5, 0.6) is 0 Å². The highest BCUT2D eigenvalue weighted by Gasteiger charge is 2.14. The molecule has 0 aliphatic heterocycles. The number of urea groups is 1. The van der Waals surface area contributed by atoms with E-state index in [0.717, 1.165) is 0 Å². The van der Waals surface area contributed by atoms with Gasteiger partial charge in [-0.1, -0.05) is 0 Å². The predicted molar refractivity (Wildman–Crippen MR) is 72.8 cm³/mol. The Morgan fingerprint density at radius 2 is 2.15 bits per heavy atom. The number of halogens is 1. The number of aryl methyl sites for hydroxylation is 2. The zero-order chi connectivity index (χ0) is 14.7. The van der Waals surface area contributed by atoms with Gasteiger partial charge in [0, 0.05) is 5.69 Å². The van der Waals surface area contributed by atoms with E-state index < -0.39 is 6.03 Å². The van der Waals surface area contributed by atoms with Crippen LogP contribution in [-0.4, -0.2) is 21.2 Å². The number of carbonyl (C=O) groups excluding carboxylic acids is 1. The Balaban J connectivity index is 1.98. The number of benzene rings is 1. The highest BCUT2D eigenvalue weighted by Crippen LogP contribution is 2.16. The Morgan fingerprint density at radius 1 is 1.40 bits per heavy atom. The molecule has 3 N–H and O–H groups in total. The molecule has 1 aromatic carbocycles. The van der Waals surface area contributed by atoms with E-state index in [1.807, 2.05) is 0 Å². The number of aromatic nitrogens is 3. The minimum atomic E-state index is -0.394. The Bertz CT molecular complexity index is 625. The van der Waals surface area contributed by atoms with Gasteiger partial charge in [0.25, 0.3) is 0 Å². The van der Waals surface area contributed by atoms with Crippen LogP contribution in [0.25, 0.3) is 0 Å². The first-order valence-corrected chi connectivity index (χ1v) is 6.18. The monoisotopic (exact) mass is 277 g/mol. The highest BCUT2D eigenvalue weighted by atomic mass is 19.1. The van der Waals surface area contributed by atoms with Crippen LogP contribution in [-0.2, 0) is 0 Å². The van der Waals surface area contributed by atoms with Crippen LogP contribution in [0.15, 0.2) is 18.2 Å². The van der Waals surface area contributed by atoms with E-state index in [-0.39, 0.29) is 11.9 Å². The zero-order valence-electron chi connectivity index (χ0n) is 11.5. The maximum Gasteiger partial charge on any atom is 0.319 e. The summed E-state index contributed by atoms with van der Waals surface area (Å²) in [6.45, 7) is 5.28. The lowest BCUT2D eigenvalue weighted by Gasteiger charge is -2.13. The summed E-state index contributed by atoms with van der Waals surface area (Å²) in [5.41, 5.74) is 1.21. The Hall–Kier alpha value is -2.44. The summed E-state index contributed by atoms with van der Waals surface area (Å²) in [5, 5.41) is 12.1. The number of carbonyl (C=O) groups is 1. The van der Waals surface area contributed by atoms with Gasteiger partial charge in [0.15, 0.2) is 5.82 Å². The zero-order valence-corrected chi connectivity index (χ0v) is 11.5. The second kappa shape index (κ2) is 5.68. The van der Waals surface area contributed by atoms with Crippen molar-refractivity contribution in [1.82, 2.24) is 20.5 Å². The van der Waals surface area contributed by atoms with E-state index >= 15 is 0 Å². The molecule has 2 rings (SSSR count). The van der Waals surface area contributed by atoms with E-state index in [9.17, 15) is 9.18 Å². The fourth-order valence-corrected chi connectivity index (χ4v) is 1.74. The maximum absolute atomic E-state index is 13.0. The van der Waals surface area contributed by atoms with Crippen LogP contribution in [0.3, 0.4) is 0 Å². The molecule has 0 spiro atoms. The van der Waals surface area contributed by atoms with Crippen molar-refractivity contribution in [2.75, 3.05) is 5.32 Å². The number of amides is 2. The molecule has 0 radical (unpaired) electrons. The molecule has 0 fully saturated rings. The van der Waals surface area contributed by atoms with Gasteiger partial charge in [-0.05, 0) is 44.5 Å². The molecule has 0 aliphatic rings. The average Bonchev–Trinajstić information content (AvgIpc) is 2.79. The second-order valence-corrected chi connectivity index (χ2v) is 4.56. The smallest absolute Gasteiger partial charge is 0.319 e. The summed E-state index contributed by atoms with van der Waals surface area (Å²) in [6.07, 6.45) is 0. The molecular weight excluding hydrogens is 261 g/mol. The van der Waals surface area contributed by atoms with Gasteiger partial charge >= 0.3 is 6.03 Å². The molecule has 1 atom stereocenters. The van der Waals surface area contributed by atoms with Crippen molar-refractivity contribution in [3.8, 4) is 0 Å². The Morgan fingerprint density at radius 3 is 2.75 bits per heavy atom. The molecule has 1 unspecified atom stereocenters. The van der Waals surface area contributed by atoms with Gasteiger partial charge in [-0.3, -0.25) is 5.10 Å². The minimum absolute atomic E-state index is 0.333. The van der Waals surface area contributed by atoms with Crippen LogP contribution in [0.2, 0.25) is 0 Å². The van der Waals surface area contributed by atoms with Crippen molar-refractivity contribution >= 4 is 11.7 Å². The first-order chi connectivity index (χ1) is 9.45. The first-order valence-electron chi connectivity index (χ1n) is 6.18. The lowest BCUT2D eigenvalue weighted by molar-refractivity contribution is 0.249. The van der Waals surface area contributed by atoms with Gasteiger partial charge in [-0.2, -0.15) is 5.10 Å². The second-order valence-electron chi connectivity index (χ2n) is 4.56. The van der Waals surface area contributed by atoms with Crippen molar-refractivity contribution in [2.24, 2.45) is 0 Å². The van der Waals surface area contributed by atoms with Gasteiger partial charge in [0.2, 0.25) is 0 Å². The third-order valence-electron chi connectivity index (χ3n) is 2.79. The van der Waals surface area contributed by atoms with Crippen LogP contribution >= 0.6 is 0 Å². The molecule has 2 amide bonds. The number of hydrogen-bond acceptors (Lipinski definition) is 3. The van der Waals surface area contributed by atoms with Gasteiger partial charge in [0.05, 0.1) is 6.04 Å². The number of nitrogens with zero attached hydrogens (tertiary/aromatic N) is 2. The minimum Gasteiger partial charge on any atom is -0.328 e. The summed E-state index contributed by atoms with van der Waals surface area (Å²) < 4.78 is 13.0. The fraction of sp³-hybridized carbons (Fsp3) is 0.308. The molecule has 1 heterocycles. The molecule has 0 aliphatic carbocycles. The predicted octanol–water partition coefficient (Wildman–Crippen LogP) is 2.44. The SMILES string of the molecule is Cc1nc(C(C)NC(=O)Nc2ccc(F)cc2C)n[nH]1. The topological polar surface area (TPSA) is 82.7 Å². The van der Waals surface area contributed by atoms with Gasteiger partial charge < -0.3 is 10.6 Å². The quantitative estimate of drug-likeness (QED) is 0.805. The first kappa shape index (κ1) is 14.0. The molecule has 106 valence electrons. The highest BCUT2D eigenvalue weighted by molar-refractivity contribution is 5.90. The molecule has 2 aromatic rings. The summed E-state index contributed by atoms with van der Waals surface area (Å²) >= 11 is 0. The number of hydrogen-bond donors (Lipinski definition) is 3. The van der Waals surface area contributed by atoms with Gasteiger partial charge in [0.1, 0.15) is 11.6 Å². The number of aromatic amines is 1. The normalized spacial score (nSPS) is 12.0.